The number of allylic oxidation sites excluding steroid dienone is 2. The van der Waals surface area contributed by atoms with Crippen LogP contribution in [0, 0.1) is 0 Å². The highest BCUT2D eigenvalue weighted by atomic mass is 16.7. The van der Waals surface area contributed by atoms with Crippen LogP contribution in [0.25, 0.3) is 0 Å². The van der Waals surface area contributed by atoms with E-state index < -0.39 is 49.5 Å². The molecule has 1 amide bonds. The van der Waals surface area contributed by atoms with Crippen molar-refractivity contribution < 1.29 is 39.8 Å². The Hall–Kier alpha value is -1.07. The van der Waals surface area contributed by atoms with Crippen LogP contribution >= 0.6 is 0 Å². The van der Waals surface area contributed by atoms with Gasteiger partial charge in [-0.05, 0) is 38.5 Å². The minimum absolute atomic E-state index is 0.139. The molecule has 0 bridgehead atoms. The summed E-state index contributed by atoms with van der Waals surface area (Å²) in [6.07, 6.45) is 28.6. The first-order valence-corrected chi connectivity index (χ1v) is 20.9. The van der Waals surface area contributed by atoms with Crippen molar-refractivity contribution in [1.29, 1.82) is 0 Å². The number of hydrogen-bond donors (Lipinski definition) is 6. The Morgan fingerprint density at radius 3 is 1.62 bits per heavy atom. The number of aliphatic hydroxyl groups excluding tert-OH is 5. The topological polar surface area (TPSA) is 149 Å². The molecule has 7 atom stereocenters. The quantitative estimate of drug-likeness (QED) is 0.0293. The first kappa shape index (κ1) is 47.0. The van der Waals surface area contributed by atoms with Gasteiger partial charge in [0.15, 0.2) is 6.29 Å². The van der Waals surface area contributed by atoms with Crippen LogP contribution in [0.5, 0.6) is 0 Å². The van der Waals surface area contributed by atoms with Gasteiger partial charge >= 0.3 is 0 Å². The third-order valence-corrected chi connectivity index (χ3v) is 10.1. The summed E-state index contributed by atoms with van der Waals surface area (Å²) in [5, 5.41) is 53.6. The van der Waals surface area contributed by atoms with E-state index in [1.54, 1.807) is 0 Å². The molecule has 0 spiro atoms. The fraction of sp³-hybridized carbons (Fsp3) is 0.927. The van der Waals surface area contributed by atoms with Crippen molar-refractivity contribution in [3.63, 3.8) is 0 Å². The molecule has 0 aromatic carbocycles. The Bertz CT molecular complexity index is 797. The van der Waals surface area contributed by atoms with Crippen LogP contribution in [0.2, 0.25) is 0 Å². The molecule has 9 heteroatoms. The molecule has 1 aliphatic rings. The zero-order valence-corrected chi connectivity index (χ0v) is 32.2. The van der Waals surface area contributed by atoms with Crippen molar-refractivity contribution >= 4 is 5.91 Å². The predicted molar refractivity (Wildman–Crippen MR) is 203 cm³/mol. The highest BCUT2D eigenvalue weighted by molar-refractivity contribution is 5.76. The van der Waals surface area contributed by atoms with E-state index in [-0.39, 0.29) is 12.5 Å². The SMILES string of the molecule is CCCCCCCCCC/C=C\CCCCCCCCCCCCCC(=O)NC(COC1OC(CO)C(O)C(O)C1O)C(O)CCCCCC. The van der Waals surface area contributed by atoms with Crippen LogP contribution in [0.15, 0.2) is 12.2 Å². The molecule has 0 aromatic heterocycles. The minimum Gasteiger partial charge on any atom is -0.394 e. The van der Waals surface area contributed by atoms with Gasteiger partial charge in [0.2, 0.25) is 5.91 Å². The molecule has 0 aromatic rings. The van der Waals surface area contributed by atoms with Crippen molar-refractivity contribution in [2.75, 3.05) is 13.2 Å². The molecule has 0 aliphatic carbocycles. The highest BCUT2D eigenvalue weighted by Crippen LogP contribution is 2.23. The van der Waals surface area contributed by atoms with Crippen LogP contribution in [-0.4, -0.2) is 87.5 Å². The van der Waals surface area contributed by atoms with Crippen LogP contribution in [0.4, 0.5) is 0 Å². The van der Waals surface area contributed by atoms with Crippen LogP contribution in [0.3, 0.4) is 0 Å². The van der Waals surface area contributed by atoms with Crippen molar-refractivity contribution in [3.8, 4) is 0 Å². The first-order chi connectivity index (χ1) is 24.3. The average Bonchev–Trinajstić information content (AvgIpc) is 3.11. The molecule has 7 unspecified atom stereocenters. The summed E-state index contributed by atoms with van der Waals surface area (Å²) in [6.45, 7) is 3.70. The minimum atomic E-state index is -1.55. The lowest BCUT2D eigenvalue weighted by atomic mass is 9.99. The standard InChI is InChI=1S/C41H79NO8/c1-3-5-7-9-10-11-12-13-14-15-16-17-18-19-20-21-22-23-24-25-26-27-29-31-37(45)42-34(35(44)30-28-8-6-4-2)33-49-41-40(48)39(47)38(46)36(32-43)50-41/h15-16,34-36,38-41,43-44,46-48H,3-14,17-33H2,1-2H3,(H,42,45)/b16-15-. The zero-order valence-electron chi connectivity index (χ0n) is 32.2. The second-order valence-corrected chi connectivity index (χ2v) is 14.8. The van der Waals surface area contributed by atoms with Crippen LogP contribution < -0.4 is 5.32 Å². The van der Waals surface area contributed by atoms with Gasteiger partial charge in [-0.25, -0.2) is 0 Å². The summed E-state index contributed by atoms with van der Waals surface area (Å²) in [5.41, 5.74) is 0. The molecule has 50 heavy (non-hydrogen) atoms. The lowest BCUT2D eigenvalue weighted by Crippen LogP contribution is -2.60. The van der Waals surface area contributed by atoms with Gasteiger partial charge in [0, 0.05) is 6.42 Å². The number of aliphatic hydroxyl groups is 5. The molecule has 1 heterocycles. The summed E-state index contributed by atoms with van der Waals surface area (Å²) in [6, 6.07) is -0.711. The Balaban J connectivity index is 2.13. The van der Waals surface area contributed by atoms with E-state index in [1.807, 2.05) is 0 Å². The smallest absolute Gasteiger partial charge is 0.220 e. The molecule has 1 aliphatic heterocycles. The average molecular weight is 714 g/mol. The van der Waals surface area contributed by atoms with E-state index in [0.717, 1.165) is 44.9 Å². The maximum Gasteiger partial charge on any atom is 0.220 e. The maximum absolute atomic E-state index is 12.8. The predicted octanol–water partition coefficient (Wildman–Crippen LogP) is 7.78. The van der Waals surface area contributed by atoms with Gasteiger partial charge in [-0.3, -0.25) is 4.79 Å². The van der Waals surface area contributed by atoms with E-state index >= 15 is 0 Å². The monoisotopic (exact) mass is 714 g/mol. The van der Waals surface area contributed by atoms with E-state index in [0.29, 0.717) is 12.8 Å². The Morgan fingerprint density at radius 2 is 1.12 bits per heavy atom. The largest absolute Gasteiger partial charge is 0.394 e. The van der Waals surface area contributed by atoms with Crippen LogP contribution in [0.1, 0.15) is 187 Å². The van der Waals surface area contributed by atoms with Gasteiger partial charge in [-0.15, -0.1) is 0 Å². The molecular formula is C41H79NO8. The molecule has 6 N–H and O–H groups in total. The lowest BCUT2D eigenvalue weighted by Gasteiger charge is -2.40. The molecular weight excluding hydrogens is 634 g/mol. The van der Waals surface area contributed by atoms with E-state index in [9.17, 15) is 30.3 Å². The number of hydrogen-bond acceptors (Lipinski definition) is 8. The molecule has 0 saturated carbocycles. The molecule has 296 valence electrons. The third-order valence-electron chi connectivity index (χ3n) is 10.1. The fourth-order valence-corrected chi connectivity index (χ4v) is 6.68. The van der Waals surface area contributed by atoms with Crippen molar-refractivity contribution in [3.05, 3.63) is 12.2 Å². The van der Waals surface area contributed by atoms with E-state index in [2.05, 4.69) is 31.3 Å². The van der Waals surface area contributed by atoms with Crippen molar-refractivity contribution in [1.82, 2.24) is 5.32 Å². The molecule has 1 rings (SSSR count). The Labute approximate surface area is 306 Å². The van der Waals surface area contributed by atoms with Gasteiger partial charge in [-0.1, -0.05) is 154 Å². The molecule has 0 radical (unpaired) electrons. The molecule has 9 nitrogen and oxygen atoms in total. The van der Waals surface area contributed by atoms with Crippen LogP contribution in [-0.2, 0) is 14.3 Å². The lowest BCUT2D eigenvalue weighted by molar-refractivity contribution is -0.302. The molecule has 1 saturated heterocycles. The second kappa shape index (κ2) is 32.6. The van der Waals surface area contributed by atoms with Gasteiger partial charge in [0.05, 0.1) is 25.4 Å². The van der Waals surface area contributed by atoms with Crippen molar-refractivity contribution in [2.45, 2.75) is 230 Å². The van der Waals surface area contributed by atoms with Gasteiger partial charge in [0.25, 0.3) is 0 Å². The Kier molecular flexibility index (Phi) is 30.6. The summed E-state index contributed by atoms with van der Waals surface area (Å²) >= 11 is 0. The number of ether oxygens (including phenoxy) is 2. The highest BCUT2D eigenvalue weighted by Gasteiger charge is 2.44. The number of rotatable bonds is 34. The summed E-state index contributed by atoms with van der Waals surface area (Å²) in [5.74, 6) is -0.154. The van der Waals surface area contributed by atoms with Gasteiger partial charge < -0.3 is 40.3 Å². The summed E-state index contributed by atoms with van der Waals surface area (Å²) < 4.78 is 11.1. The molecule has 1 fully saturated rings. The maximum atomic E-state index is 12.8. The van der Waals surface area contributed by atoms with E-state index in [4.69, 9.17) is 9.47 Å². The normalized spacial score (nSPS) is 22.3. The van der Waals surface area contributed by atoms with E-state index in [1.165, 1.54) is 116 Å². The van der Waals surface area contributed by atoms with Crippen molar-refractivity contribution in [2.24, 2.45) is 0 Å². The number of amides is 1. The Morgan fingerprint density at radius 1 is 0.660 bits per heavy atom. The van der Waals surface area contributed by atoms with Gasteiger partial charge in [-0.2, -0.15) is 0 Å². The number of carbonyl (C=O) groups excluding carboxylic acids is 1. The zero-order chi connectivity index (χ0) is 36.7. The number of unbranched alkanes of at least 4 members (excludes halogenated alkanes) is 22. The third kappa shape index (κ3) is 23.5. The number of carbonyl (C=O) groups is 1. The van der Waals surface area contributed by atoms with Gasteiger partial charge in [0.1, 0.15) is 24.4 Å². The first-order valence-electron chi connectivity index (χ1n) is 20.9. The number of nitrogens with one attached hydrogen (secondary N) is 1. The summed E-state index contributed by atoms with van der Waals surface area (Å²) in [7, 11) is 0. The summed E-state index contributed by atoms with van der Waals surface area (Å²) in [4.78, 5) is 12.8. The fourth-order valence-electron chi connectivity index (χ4n) is 6.68. The second-order valence-electron chi connectivity index (χ2n) is 14.8.